The molecule has 0 unspecified atom stereocenters. The summed E-state index contributed by atoms with van der Waals surface area (Å²) >= 11 is 2.65. The van der Waals surface area contributed by atoms with E-state index in [9.17, 15) is 8.42 Å². The van der Waals surface area contributed by atoms with Crippen LogP contribution >= 0.6 is 22.7 Å². The minimum atomic E-state index is -3.71. The Morgan fingerprint density at radius 2 is 1.90 bits per heavy atom. The zero-order valence-electron chi connectivity index (χ0n) is 15.0. The molecule has 29 heavy (non-hydrogen) atoms. The van der Waals surface area contributed by atoms with Crippen LogP contribution in [-0.4, -0.2) is 21.6 Å². The molecule has 1 aliphatic rings. The highest BCUT2D eigenvalue weighted by atomic mass is 32.2. The second-order valence-electron chi connectivity index (χ2n) is 6.49. The predicted octanol–water partition coefficient (Wildman–Crippen LogP) is 5.09. The third-order valence-electron chi connectivity index (χ3n) is 4.73. The third kappa shape index (κ3) is 3.08. The summed E-state index contributed by atoms with van der Waals surface area (Å²) < 4.78 is 35.3. The van der Waals surface area contributed by atoms with Crippen LogP contribution in [0.3, 0.4) is 0 Å². The zero-order chi connectivity index (χ0) is 20.0. The first-order valence-corrected chi connectivity index (χ1v) is 11.9. The quantitative estimate of drug-likeness (QED) is 0.447. The van der Waals surface area contributed by atoms with Gasteiger partial charge in [0.1, 0.15) is 27.5 Å². The van der Waals surface area contributed by atoms with Crippen LogP contribution in [0.15, 0.2) is 64.9 Å². The van der Waals surface area contributed by atoms with E-state index < -0.39 is 10.0 Å². The number of benzene rings is 2. The summed E-state index contributed by atoms with van der Waals surface area (Å²) in [5.41, 5.74) is 1.38. The van der Waals surface area contributed by atoms with Crippen LogP contribution in [0.2, 0.25) is 0 Å². The van der Waals surface area contributed by atoms with E-state index in [4.69, 9.17) is 10.00 Å². The molecule has 0 aliphatic carbocycles. The summed E-state index contributed by atoms with van der Waals surface area (Å²) in [5.74, 6) is 0.543. The summed E-state index contributed by atoms with van der Waals surface area (Å²) in [6, 6.07) is 20.7. The number of ether oxygens (including phenoxy) is 1. The summed E-state index contributed by atoms with van der Waals surface area (Å²) in [4.78, 5) is 1.53. The van der Waals surface area contributed by atoms with Gasteiger partial charge in [0.2, 0.25) is 0 Å². The van der Waals surface area contributed by atoms with Crippen molar-refractivity contribution in [3.63, 3.8) is 0 Å². The molecule has 0 atom stereocenters. The molecular formula is C21H14N2O3S3. The van der Waals surface area contributed by atoms with Gasteiger partial charge in [-0.25, -0.2) is 8.42 Å². The van der Waals surface area contributed by atoms with Crippen molar-refractivity contribution in [2.75, 3.05) is 17.5 Å². The minimum Gasteiger partial charge on any atom is -0.489 e. The van der Waals surface area contributed by atoms with Crippen LogP contribution in [0.4, 0.5) is 5.69 Å². The smallest absolute Gasteiger partial charge is 0.274 e. The van der Waals surface area contributed by atoms with E-state index in [0.29, 0.717) is 27.1 Å². The Morgan fingerprint density at radius 3 is 2.69 bits per heavy atom. The van der Waals surface area contributed by atoms with Crippen molar-refractivity contribution >= 4 is 48.5 Å². The number of sulfonamides is 1. The number of thiophene rings is 2. The van der Waals surface area contributed by atoms with E-state index in [2.05, 4.69) is 6.07 Å². The highest BCUT2D eigenvalue weighted by molar-refractivity contribution is 7.95. The molecule has 0 saturated heterocycles. The molecule has 0 amide bonds. The predicted molar refractivity (Wildman–Crippen MR) is 116 cm³/mol. The lowest BCUT2D eigenvalue weighted by atomic mass is 10.1. The molecule has 4 aromatic rings. The zero-order valence-corrected chi connectivity index (χ0v) is 17.5. The first kappa shape index (κ1) is 18.2. The van der Waals surface area contributed by atoms with Gasteiger partial charge < -0.3 is 4.74 Å². The minimum absolute atomic E-state index is 0.251. The van der Waals surface area contributed by atoms with E-state index in [0.717, 1.165) is 20.5 Å². The van der Waals surface area contributed by atoms with Gasteiger partial charge in [0.25, 0.3) is 10.0 Å². The molecule has 0 N–H and O–H groups in total. The lowest BCUT2D eigenvalue weighted by Crippen LogP contribution is -2.37. The molecule has 144 valence electrons. The molecule has 5 nitrogen and oxygen atoms in total. The van der Waals surface area contributed by atoms with Gasteiger partial charge >= 0.3 is 0 Å². The van der Waals surface area contributed by atoms with Crippen molar-refractivity contribution in [1.82, 2.24) is 0 Å². The molecule has 0 bridgehead atoms. The maximum atomic E-state index is 13.5. The first-order chi connectivity index (χ1) is 14.1. The van der Waals surface area contributed by atoms with Gasteiger partial charge in [0.15, 0.2) is 0 Å². The number of anilines is 1. The Labute approximate surface area is 176 Å². The van der Waals surface area contributed by atoms with E-state index in [1.165, 1.54) is 27.0 Å². The fourth-order valence-corrected chi connectivity index (χ4v) is 7.11. The van der Waals surface area contributed by atoms with Crippen molar-refractivity contribution in [1.29, 1.82) is 5.26 Å². The van der Waals surface area contributed by atoms with Crippen LogP contribution in [0.25, 0.3) is 20.5 Å². The van der Waals surface area contributed by atoms with Gasteiger partial charge in [0.05, 0.1) is 12.2 Å². The van der Waals surface area contributed by atoms with Crippen molar-refractivity contribution < 1.29 is 13.2 Å². The topological polar surface area (TPSA) is 70.4 Å². The fourth-order valence-electron chi connectivity index (χ4n) is 3.34. The van der Waals surface area contributed by atoms with Crippen molar-refractivity contribution in [3.8, 4) is 22.3 Å². The van der Waals surface area contributed by atoms with Crippen LogP contribution in [0, 0.1) is 11.3 Å². The van der Waals surface area contributed by atoms with Gasteiger partial charge in [0, 0.05) is 9.58 Å². The molecule has 0 saturated carbocycles. The van der Waals surface area contributed by atoms with E-state index in [1.807, 2.05) is 42.5 Å². The van der Waals surface area contributed by atoms with E-state index >= 15 is 0 Å². The fraction of sp³-hybridized carbons (Fsp3) is 0.0952. The molecule has 0 fully saturated rings. The Hall–Kier alpha value is -2.86. The van der Waals surface area contributed by atoms with Crippen LogP contribution in [0.1, 0.15) is 4.88 Å². The number of hydrogen-bond donors (Lipinski definition) is 0. The number of nitrogens with zero attached hydrogens (tertiary/aromatic N) is 2. The molecule has 2 aromatic heterocycles. The number of fused-ring (bicyclic) bond motifs is 2. The average molecular weight is 439 g/mol. The van der Waals surface area contributed by atoms with Crippen molar-refractivity contribution in [2.45, 2.75) is 4.21 Å². The third-order valence-corrected chi connectivity index (χ3v) is 9.15. The van der Waals surface area contributed by atoms with Gasteiger partial charge in [-0.05, 0) is 53.4 Å². The van der Waals surface area contributed by atoms with Crippen molar-refractivity contribution in [3.05, 3.63) is 65.5 Å². The highest BCUT2D eigenvalue weighted by Crippen LogP contribution is 2.41. The molecule has 2 aromatic carbocycles. The number of hydrogen-bond acceptors (Lipinski definition) is 6. The summed E-state index contributed by atoms with van der Waals surface area (Å²) in [7, 11) is -3.71. The Morgan fingerprint density at radius 1 is 1.03 bits per heavy atom. The van der Waals surface area contributed by atoms with Crippen LogP contribution in [-0.2, 0) is 10.0 Å². The van der Waals surface area contributed by atoms with Crippen molar-refractivity contribution in [2.24, 2.45) is 0 Å². The maximum Gasteiger partial charge on any atom is 0.274 e. The molecule has 1 aliphatic heterocycles. The monoisotopic (exact) mass is 438 g/mol. The number of nitriles is 1. The molecule has 3 heterocycles. The van der Waals surface area contributed by atoms with Gasteiger partial charge in [-0.15, -0.1) is 22.7 Å². The lowest BCUT2D eigenvalue weighted by molar-refractivity contribution is 0.316. The second kappa shape index (κ2) is 6.88. The van der Waals surface area contributed by atoms with Gasteiger partial charge in [-0.3, -0.25) is 4.31 Å². The Bertz CT molecular complexity index is 1350. The number of rotatable bonds is 3. The van der Waals surface area contributed by atoms with Crippen LogP contribution < -0.4 is 9.04 Å². The van der Waals surface area contributed by atoms with E-state index in [1.54, 1.807) is 18.2 Å². The molecular weight excluding hydrogens is 424 g/mol. The maximum absolute atomic E-state index is 13.5. The molecule has 5 rings (SSSR count). The molecule has 0 radical (unpaired) electrons. The summed E-state index contributed by atoms with van der Waals surface area (Å²) in [5, 5.41) is 10.00. The van der Waals surface area contributed by atoms with E-state index in [-0.39, 0.29) is 6.54 Å². The van der Waals surface area contributed by atoms with Crippen LogP contribution in [0.5, 0.6) is 5.75 Å². The summed E-state index contributed by atoms with van der Waals surface area (Å²) in [6.07, 6.45) is 0. The standard InChI is InChI=1S/C21H14N2O3S3/c22-13-16-6-8-20(27-16)15-5-7-18-17(11-15)23(9-10-26-18)29(24,25)21-12-14-3-1-2-4-19(14)28-21/h1-8,11-12H,9-10H2. The average Bonchev–Trinajstić information content (AvgIpc) is 3.40. The van der Waals surface area contributed by atoms with Gasteiger partial charge in [-0.1, -0.05) is 18.2 Å². The summed E-state index contributed by atoms with van der Waals surface area (Å²) in [6.45, 7) is 0.551. The first-order valence-electron chi connectivity index (χ1n) is 8.85. The Kier molecular flexibility index (Phi) is 4.32. The normalized spacial score (nSPS) is 13.7. The highest BCUT2D eigenvalue weighted by Gasteiger charge is 2.32. The van der Waals surface area contributed by atoms with Gasteiger partial charge in [-0.2, -0.15) is 5.26 Å². The lowest BCUT2D eigenvalue weighted by Gasteiger charge is -2.30. The molecule has 8 heteroatoms. The Balaban J connectivity index is 1.60. The second-order valence-corrected chi connectivity index (χ2v) is 10.7. The largest absolute Gasteiger partial charge is 0.489 e. The molecule has 0 spiro atoms. The SMILES string of the molecule is N#Cc1ccc(-c2ccc3c(c2)N(S(=O)(=O)c2cc4ccccc4s2)CCO3)s1.